The molecule has 0 unspecified atom stereocenters. The number of hydrogen-bond donors (Lipinski definition) is 0. The predicted molar refractivity (Wildman–Crippen MR) is 97.9 cm³/mol. The van der Waals surface area contributed by atoms with Gasteiger partial charge >= 0.3 is 0 Å². The highest BCUT2D eigenvalue weighted by atomic mass is 32.2. The summed E-state index contributed by atoms with van der Waals surface area (Å²) in [5.41, 5.74) is 3.22. The fourth-order valence-electron chi connectivity index (χ4n) is 2.44. The maximum absolute atomic E-state index is 5.44. The van der Waals surface area contributed by atoms with E-state index in [2.05, 4.69) is 27.7 Å². The minimum Gasteiger partial charge on any atom is -0.497 e. The van der Waals surface area contributed by atoms with Crippen LogP contribution in [0.1, 0.15) is 11.1 Å². The molecule has 0 radical (unpaired) electrons. The summed E-state index contributed by atoms with van der Waals surface area (Å²) in [6, 6.07) is 14.0. The Kier molecular flexibility index (Phi) is 5.55. The molecule has 0 fully saturated rings. The van der Waals surface area contributed by atoms with E-state index in [1.807, 2.05) is 37.3 Å². The van der Waals surface area contributed by atoms with E-state index >= 15 is 0 Å². The first-order valence-corrected chi connectivity index (χ1v) is 8.89. The average molecular weight is 356 g/mol. The maximum Gasteiger partial charge on any atom is 0.214 e. The Hall–Kier alpha value is -2.54. The van der Waals surface area contributed by atoms with Crippen molar-refractivity contribution in [2.24, 2.45) is 0 Å². The number of aryl methyl sites for hydroxylation is 2. The van der Waals surface area contributed by atoms with Crippen LogP contribution in [0.2, 0.25) is 0 Å². The number of benzene rings is 2. The van der Waals surface area contributed by atoms with Crippen molar-refractivity contribution in [2.45, 2.75) is 18.5 Å². The highest BCUT2D eigenvalue weighted by Crippen LogP contribution is 2.27. The highest BCUT2D eigenvalue weighted by Gasteiger charge is 2.13. The van der Waals surface area contributed by atoms with Crippen LogP contribution in [0.5, 0.6) is 11.5 Å². The second-order valence-electron chi connectivity index (χ2n) is 5.50. The molecule has 130 valence electrons. The van der Waals surface area contributed by atoms with Crippen molar-refractivity contribution in [3.8, 4) is 17.2 Å². The van der Waals surface area contributed by atoms with E-state index in [1.54, 1.807) is 30.7 Å². The van der Waals surface area contributed by atoms with Crippen LogP contribution in [0.3, 0.4) is 0 Å². The molecule has 0 amide bonds. The van der Waals surface area contributed by atoms with Gasteiger partial charge in [0.25, 0.3) is 0 Å². The van der Waals surface area contributed by atoms with Crippen LogP contribution in [0.4, 0.5) is 0 Å². The van der Waals surface area contributed by atoms with E-state index in [-0.39, 0.29) is 0 Å². The second-order valence-corrected chi connectivity index (χ2v) is 6.56. The number of methoxy groups -OCH3 is 2. The summed E-state index contributed by atoms with van der Waals surface area (Å²) in [6.45, 7) is 2.03. The van der Waals surface area contributed by atoms with Gasteiger partial charge in [-0.1, -0.05) is 30.0 Å². The molecule has 0 saturated heterocycles. The van der Waals surface area contributed by atoms with Crippen molar-refractivity contribution in [1.82, 2.24) is 20.2 Å². The van der Waals surface area contributed by atoms with E-state index in [0.29, 0.717) is 0 Å². The molecule has 0 N–H and O–H groups in total. The molecule has 0 bridgehead atoms. The fraction of sp³-hybridized carbons (Fsp3) is 0.278. The third kappa shape index (κ3) is 4.11. The summed E-state index contributed by atoms with van der Waals surface area (Å²) in [7, 11) is 3.32. The van der Waals surface area contributed by atoms with Gasteiger partial charge < -0.3 is 9.47 Å². The van der Waals surface area contributed by atoms with Crippen LogP contribution in [0.25, 0.3) is 5.69 Å². The van der Waals surface area contributed by atoms with Gasteiger partial charge in [-0.15, -0.1) is 5.10 Å². The second kappa shape index (κ2) is 8.02. The van der Waals surface area contributed by atoms with Crippen LogP contribution < -0.4 is 9.47 Å². The first-order chi connectivity index (χ1) is 12.2. The minimum absolute atomic E-state index is 0.745. The van der Waals surface area contributed by atoms with Crippen LogP contribution >= 0.6 is 11.8 Å². The third-order valence-corrected chi connectivity index (χ3v) is 4.71. The number of ether oxygens (including phenoxy) is 2. The van der Waals surface area contributed by atoms with Crippen molar-refractivity contribution in [1.29, 1.82) is 0 Å². The van der Waals surface area contributed by atoms with Gasteiger partial charge in [-0.05, 0) is 59.2 Å². The Morgan fingerprint density at radius 1 is 1.04 bits per heavy atom. The molecule has 1 aromatic heterocycles. The van der Waals surface area contributed by atoms with Gasteiger partial charge in [-0.2, -0.15) is 4.68 Å². The summed E-state index contributed by atoms with van der Waals surface area (Å²) in [5, 5.41) is 12.8. The summed E-state index contributed by atoms with van der Waals surface area (Å²) >= 11 is 1.62. The Morgan fingerprint density at radius 3 is 2.56 bits per heavy atom. The molecule has 0 aliphatic carbocycles. The zero-order valence-electron chi connectivity index (χ0n) is 14.5. The summed E-state index contributed by atoms with van der Waals surface area (Å²) in [5.74, 6) is 2.49. The van der Waals surface area contributed by atoms with Gasteiger partial charge in [-0.3, -0.25) is 0 Å². The number of thioether (sulfide) groups is 1. The number of aromatic nitrogens is 4. The summed E-state index contributed by atoms with van der Waals surface area (Å²) < 4.78 is 12.3. The van der Waals surface area contributed by atoms with Crippen molar-refractivity contribution in [3.05, 3.63) is 53.6 Å². The molecule has 25 heavy (non-hydrogen) atoms. The molecule has 1 heterocycles. The number of nitrogens with zero attached hydrogens (tertiary/aromatic N) is 4. The highest BCUT2D eigenvalue weighted by molar-refractivity contribution is 7.99. The first-order valence-electron chi connectivity index (χ1n) is 7.90. The smallest absolute Gasteiger partial charge is 0.214 e. The number of tetrazole rings is 1. The standard InChI is InChI=1S/C18H20N4O2S/c1-13-4-9-17(24-3)16(12-13)22-18(19-20-21-22)25-11-10-14-5-7-15(23-2)8-6-14/h4-9,12H,10-11H2,1-3H3. The van der Waals surface area contributed by atoms with Crippen LogP contribution in [0.15, 0.2) is 47.6 Å². The molecule has 7 heteroatoms. The van der Waals surface area contributed by atoms with Crippen molar-refractivity contribution in [3.63, 3.8) is 0 Å². The number of rotatable bonds is 7. The zero-order valence-corrected chi connectivity index (χ0v) is 15.3. The minimum atomic E-state index is 0.745. The Labute approximate surface area is 151 Å². The molecule has 0 aliphatic rings. The Morgan fingerprint density at radius 2 is 1.84 bits per heavy atom. The molecule has 0 atom stereocenters. The predicted octanol–water partition coefficient (Wildman–Crippen LogP) is 3.32. The molecule has 0 saturated carbocycles. The SMILES string of the molecule is COc1ccc(CCSc2nnnn2-c2cc(C)ccc2OC)cc1. The maximum atomic E-state index is 5.44. The largest absolute Gasteiger partial charge is 0.497 e. The van der Waals surface area contributed by atoms with Crippen molar-refractivity contribution < 1.29 is 9.47 Å². The lowest BCUT2D eigenvalue weighted by Gasteiger charge is -2.10. The average Bonchev–Trinajstić information content (AvgIpc) is 3.10. The topological polar surface area (TPSA) is 62.1 Å². The van der Waals surface area contributed by atoms with E-state index in [4.69, 9.17) is 9.47 Å². The van der Waals surface area contributed by atoms with Crippen LogP contribution in [0, 0.1) is 6.92 Å². The van der Waals surface area contributed by atoms with Crippen molar-refractivity contribution in [2.75, 3.05) is 20.0 Å². The van der Waals surface area contributed by atoms with E-state index in [1.165, 1.54) is 5.56 Å². The third-order valence-electron chi connectivity index (χ3n) is 3.78. The van der Waals surface area contributed by atoms with E-state index < -0.39 is 0 Å². The van der Waals surface area contributed by atoms with Crippen molar-refractivity contribution >= 4 is 11.8 Å². The molecule has 0 spiro atoms. The molecule has 3 aromatic rings. The lowest BCUT2D eigenvalue weighted by molar-refractivity contribution is 0.410. The molecular weight excluding hydrogens is 336 g/mol. The Balaban J connectivity index is 1.71. The van der Waals surface area contributed by atoms with Gasteiger partial charge in [0.05, 0.1) is 14.2 Å². The lowest BCUT2D eigenvalue weighted by Crippen LogP contribution is -2.03. The lowest BCUT2D eigenvalue weighted by atomic mass is 10.2. The van der Waals surface area contributed by atoms with Crippen LogP contribution in [-0.2, 0) is 6.42 Å². The monoisotopic (exact) mass is 356 g/mol. The van der Waals surface area contributed by atoms with Crippen LogP contribution in [-0.4, -0.2) is 40.2 Å². The van der Waals surface area contributed by atoms with Gasteiger partial charge in [0.1, 0.15) is 17.2 Å². The molecule has 6 nitrogen and oxygen atoms in total. The van der Waals surface area contributed by atoms with Gasteiger partial charge in [0.15, 0.2) is 0 Å². The molecule has 2 aromatic carbocycles. The number of hydrogen-bond acceptors (Lipinski definition) is 6. The fourth-order valence-corrected chi connectivity index (χ4v) is 3.31. The Bertz CT molecular complexity index is 833. The zero-order chi connectivity index (χ0) is 17.6. The summed E-state index contributed by atoms with van der Waals surface area (Å²) in [6.07, 6.45) is 0.923. The van der Waals surface area contributed by atoms with E-state index in [0.717, 1.165) is 40.1 Å². The van der Waals surface area contributed by atoms with Gasteiger partial charge in [0, 0.05) is 5.75 Å². The summed E-state index contributed by atoms with van der Waals surface area (Å²) in [4.78, 5) is 0. The van der Waals surface area contributed by atoms with E-state index in [9.17, 15) is 0 Å². The van der Waals surface area contributed by atoms with Gasteiger partial charge in [0.2, 0.25) is 5.16 Å². The molecular formula is C18H20N4O2S. The molecule has 0 aliphatic heterocycles. The molecule has 3 rings (SSSR count). The van der Waals surface area contributed by atoms with Gasteiger partial charge in [-0.25, -0.2) is 0 Å². The quantitative estimate of drug-likeness (QED) is 0.605. The normalized spacial score (nSPS) is 10.7. The first kappa shape index (κ1) is 17.3.